The first kappa shape index (κ1) is 28.9. The van der Waals surface area contributed by atoms with Crippen LogP contribution in [0.5, 0.6) is 0 Å². The fraction of sp³-hybridized carbons (Fsp3) is 0.515. The van der Waals surface area contributed by atoms with E-state index in [1.54, 1.807) is 0 Å². The molecule has 0 atom stereocenters. The van der Waals surface area contributed by atoms with Crippen LogP contribution in [-0.4, -0.2) is 29.5 Å². The van der Waals surface area contributed by atoms with Gasteiger partial charge in [-0.3, -0.25) is 10.2 Å². The Morgan fingerprint density at radius 2 is 1.05 bits per heavy atom. The maximum absolute atomic E-state index is 5.15. The molecule has 6 rings (SSSR count). The van der Waals surface area contributed by atoms with Crippen molar-refractivity contribution in [3.8, 4) is 22.5 Å². The molecule has 0 saturated heterocycles. The summed E-state index contributed by atoms with van der Waals surface area (Å²) in [7, 11) is 0. The van der Waals surface area contributed by atoms with E-state index in [1.165, 1.54) is 64.2 Å². The fourth-order valence-corrected chi connectivity index (χ4v) is 6.57. The molecule has 0 aromatic carbocycles. The molecule has 0 bridgehead atoms. The van der Waals surface area contributed by atoms with Gasteiger partial charge in [0, 0.05) is 28.9 Å². The van der Waals surface area contributed by atoms with Crippen LogP contribution in [0.1, 0.15) is 113 Å². The number of aromatic nitrogens is 6. The number of rotatable bonds is 6. The van der Waals surface area contributed by atoms with Crippen molar-refractivity contribution >= 4 is 0 Å². The molecule has 6 nitrogen and oxygen atoms in total. The molecule has 0 spiro atoms. The van der Waals surface area contributed by atoms with Crippen LogP contribution in [0.4, 0.5) is 0 Å². The normalized spacial score (nSPS) is 17.1. The Morgan fingerprint density at radius 1 is 0.650 bits per heavy atom. The Bertz CT molecular complexity index is 1330. The van der Waals surface area contributed by atoms with Gasteiger partial charge in [-0.1, -0.05) is 88.0 Å². The number of hydrogen-bond acceptors (Lipinski definition) is 4. The second-order valence-electron chi connectivity index (χ2n) is 12.1. The van der Waals surface area contributed by atoms with E-state index in [2.05, 4.69) is 96.0 Å². The Hall–Kier alpha value is -2.59. The van der Waals surface area contributed by atoms with Crippen LogP contribution in [0.15, 0.2) is 36.4 Å². The van der Waals surface area contributed by atoms with Crippen molar-refractivity contribution in [1.29, 1.82) is 0 Å². The van der Waals surface area contributed by atoms with Gasteiger partial charge in [0.05, 0.1) is 0 Å². The molecule has 212 valence electrons. The molecule has 2 aliphatic carbocycles. The molecule has 0 N–H and O–H groups in total. The first-order chi connectivity index (χ1) is 18.9. The van der Waals surface area contributed by atoms with Gasteiger partial charge in [-0.15, -0.1) is 11.1 Å². The van der Waals surface area contributed by atoms with Gasteiger partial charge in [-0.05, 0) is 75.4 Å². The number of hydrogen-bond donors (Lipinski definition) is 0. The van der Waals surface area contributed by atoms with Crippen LogP contribution in [-0.2, 0) is 26.5 Å². The van der Waals surface area contributed by atoms with Gasteiger partial charge in [0.25, 0.3) is 0 Å². The smallest absolute Gasteiger partial charge is 0.332 e. The SMILES string of the molecule is Cc1c(-c2cccc(C(C)(C)c3cccc(-c4[c-]nn(C5CCCCC5)c4C)n3)n2)[c-]nn1C1CCCCC1.[Pt+2]. The van der Waals surface area contributed by atoms with Crippen molar-refractivity contribution in [3.63, 3.8) is 0 Å². The quantitative estimate of drug-likeness (QED) is 0.192. The van der Waals surface area contributed by atoms with E-state index in [4.69, 9.17) is 9.97 Å². The van der Waals surface area contributed by atoms with Crippen molar-refractivity contribution in [2.45, 2.75) is 109 Å². The third-order valence-corrected chi connectivity index (χ3v) is 9.08. The standard InChI is InChI=1S/C33H40N6.Pt/c1-23-27(21-34-38(23)25-13-7-5-8-14-25)29-17-11-19-31(36-29)33(3,4)32-20-12-18-30(37-32)28-22-35-39(24(28)2)26-15-9-6-10-16-26;/h11-12,17-20,25-26H,5-10,13-16H2,1-4H3;/q-2;+2. The molecular weight excluding hydrogens is 675 g/mol. The van der Waals surface area contributed by atoms with Crippen molar-refractivity contribution in [2.24, 2.45) is 0 Å². The molecular formula is C33H40N6Pt. The maximum atomic E-state index is 5.15. The van der Waals surface area contributed by atoms with Crippen molar-refractivity contribution in [3.05, 3.63) is 71.6 Å². The summed E-state index contributed by atoms with van der Waals surface area (Å²) in [4.78, 5) is 10.3. The molecule has 0 radical (unpaired) electrons. The maximum Gasteiger partial charge on any atom is 2.00 e. The predicted octanol–water partition coefficient (Wildman–Crippen LogP) is 7.75. The van der Waals surface area contributed by atoms with E-state index in [1.807, 2.05) is 0 Å². The van der Waals surface area contributed by atoms with Crippen molar-refractivity contribution in [2.75, 3.05) is 0 Å². The topological polar surface area (TPSA) is 61.4 Å². The summed E-state index contributed by atoms with van der Waals surface area (Å²) in [6, 6.07) is 13.5. The van der Waals surface area contributed by atoms with Crippen molar-refractivity contribution < 1.29 is 21.1 Å². The average Bonchev–Trinajstić information content (AvgIpc) is 3.56. The third-order valence-electron chi connectivity index (χ3n) is 9.08. The zero-order chi connectivity index (χ0) is 27.0. The van der Waals surface area contributed by atoms with Gasteiger partial charge in [0.1, 0.15) is 0 Å². The molecule has 2 saturated carbocycles. The molecule has 4 aromatic rings. The second-order valence-corrected chi connectivity index (χ2v) is 12.1. The monoisotopic (exact) mass is 715 g/mol. The van der Waals surface area contributed by atoms with E-state index in [0.29, 0.717) is 12.1 Å². The Kier molecular flexibility index (Phi) is 8.75. The first-order valence-corrected chi connectivity index (χ1v) is 14.8. The molecule has 2 fully saturated rings. The van der Waals surface area contributed by atoms with Crippen LogP contribution >= 0.6 is 0 Å². The average molecular weight is 716 g/mol. The molecule has 2 aliphatic rings. The van der Waals surface area contributed by atoms with Gasteiger partial charge in [0.2, 0.25) is 0 Å². The molecule has 40 heavy (non-hydrogen) atoms. The Balaban J connectivity index is 0.00000323. The molecule has 4 heterocycles. The third kappa shape index (κ3) is 5.49. The van der Waals surface area contributed by atoms with E-state index in [9.17, 15) is 0 Å². The van der Waals surface area contributed by atoms with Gasteiger partial charge in [-0.25, -0.2) is 0 Å². The summed E-state index contributed by atoms with van der Waals surface area (Å²) >= 11 is 0. The van der Waals surface area contributed by atoms with Crippen LogP contribution in [0.2, 0.25) is 0 Å². The summed E-state index contributed by atoms with van der Waals surface area (Å²) in [5.74, 6) is 0. The minimum atomic E-state index is -0.382. The van der Waals surface area contributed by atoms with Gasteiger partial charge >= 0.3 is 21.1 Å². The van der Waals surface area contributed by atoms with E-state index in [0.717, 1.165) is 45.3 Å². The van der Waals surface area contributed by atoms with Gasteiger partial charge in [-0.2, -0.15) is 0 Å². The van der Waals surface area contributed by atoms with E-state index >= 15 is 0 Å². The summed E-state index contributed by atoms with van der Waals surface area (Å²) in [6.45, 7) is 8.72. The largest absolute Gasteiger partial charge is 2.00 e. The summed E-state index contributed by atoms with van der Waals surface area (Å²) in [6.07, 6.45) is 19.2. The zero-order valence-electron chi connectivity index (χ0n) is 24.2. The molecule has 7 heteroatoms. The van der Waals surface area contributed by atoms with E-state index in [-0.39, 0.29) is 26.5 Å². The Labute approximate surface area is 253 Å². The molecule has 0 aliphatic heterocycles. The van der Waals surface area contributed by atoms with Crippen molar-refractivity contribution in [1.82, 2.24) is 29.5 Å². The second kappa shape index (κ2) is 12.1. The summed E-state index contributed by atoms with van der Waals surface area (Å²) < 4.78 is 4.37. The molecule has 0 unspecified atom stereocenters. The van der Waals surface area contributed by atoms with Crippen LogP contribution in [0.3, 0.4) is 0 Å². The Morgan fingerprint density at radius 3 is 1.45 bits per heavy atom. The summed E-state index contributed by atoms with van der Waals surface area (Å²) in [5, 5.41) is 9.37. The van der Waals surface area contributed by atoms with Crippen LogP contribution in [0.25, 0.3) is 22.5 Å². The first-order valence-electron chi connectivity index (χ1n) is 14.8. The molecule has 0 amide bonds. The predicted molar refractivity (Wildman–Crippen MR) is 154 cm³/mol. The van der Waals surface area contributed by atoms with E-state index < -0.39 is 0 Å². The summed E-state index contributed by atoms with van der Waals surface area (Å²) in [5.41, 5.74) is 7.76. The number of pyridine rings is 2. The minimum absolute atomic E-state index is 0. The fourth-order valence-electron chi connectivity index (χ4n) is 6.57. The number of nitrogens with zero attached hydrogens (tertiary/aromatic N) is 6. The molecule has 4 aromatic heterocycles. The zero-order valence-corrected chi connectivity index (χ0v) is 26.5. The van der Waals surface area contributed by atoms with Crippen LogP contribution < -0.4 is 0 Å². The minimum Gasteiger partial charge on any atom is -0.332 e. The van der Waals surface area contributed by atoms with Gasteiger partial charge in [0.15, 0.2) is 0 Å². The van der Waals surface area contributed by atoms with Crippen LogP contribution in [0, 0.1) is 26.2 Å². The van der Waals surface area contributed by atoms with Gasteiger partial charge < -0.3 is 19.3 Å².